The first-order valence-corrected chi connectivity index (χ1v) is 7.42. The van der Waals surface area contributed by atoms with E-state index in [-0.39, 0.29) is 0 Å². The third-order valence-electron chi connectivity index (χ3n) is 5.40. The van der Waals surface area contributed by atoms with Crippen LogP contribution in [0.15, 0.2) is 0 Å². The van der Waals surface area contributed by atoms with Gasteiger partial charge in [-0.05, 0) is 82.2 Å². The van der Waals surface area contributed by atoms with Gasteiger partial charge < -0.3 is 5.32 Å². The maximum atomic E-state index is 3.34. The SMILES string of the molecule is CCC1CCC2(CC1)CCC(CNC)CC2. The molecular formula is C15H29N. The van der Waals surface area contributed by atoms with Crippen molar-refractivity contribution in [2.24, 2.45) is 17.3 Å². The van der Waals surface area contributed by atoms with Gasteiger partial charge in [0.2, 0.25) is 0 Å². The van der Waals surface area contributed by atoms with Crippen molar-refractivity contribution in [3.63, 3.8) is 0 Å². The molecule has 94 valence electrons. The monoisotopic (exact) mass is 223 g/mol. The molecular weight excluding hydrogens is 194 g/mol. The normalized spacial score (nSPS) is 40.1. The molecule has 0 aromatic heterocycles. The van der Waals surface area contributed by atoms with Gasteiger partial charge in [0.05, 0.1) is 0 Å². The van der Waals surface area contributed by atoms with E-state index in [0.29, 0.717) is 0 Å². The van der Waals surface area contributed by atoms with Crippen molar-refractivity contribution in [1.82, 2.24) is 5.32 Å². The van der Waals surface area contributed by atoms with Gasteiger partial charge in [0.15, 0.2) is 0 Å². The summed E-state index contributed by atoms with van der Waals surface area (Å²) in [6.07, 6.45) is 13.6. The fraction of sp³-hybridized carbons (Fsp3) is 1.00. The van der Waals surface area contributed by atoms with Crippen molar-refractivity contribution < 1.29 is 0 Å². The number of hydrogen-bond acceptors (Lipinski definition) is 1. The second-order valence-corrected chi connectivity index (χ2v) is 6.35. The van der Waals surface area contributed by atoms with Gasteiger partial charge >= 0.3 is 0 Å². The van der Waals surface area contributed by atoms with Crippen molar-refractivity contribution >= 4 is 0 Å². The van der Waals surface area contributed by atoms with E-state index in [0.717, 1.165) is 17.3 Å². The Bertz CT molecular complexity index is 193. The lowest BCUT2D eigenvalue weighted by Crippen LogP contribution is -2.34. The van der Waals surface area contributed by atoms with Gasteiger partial charge in [0.1, 0.15) is 0 Å². The molecule has 2 rings (SSSR count). The lowest BCUT2D eigenvalue weighted by atomic mass is 9.61. The van der Waals surface area contributed by atoms with Gasteiger partial charge in [-0.1, -0.05) is 13.3 Å². The van der Waals surface area contributed by atoms with Crippen LogP contribution in [0.1, 0.15) is 64.7 Å². The molecule has 1 spiro atoms. The molecule has 1 heteroatoms. The van der Waals surface area contributed by atoms with Crippen molar-refractivity contribution in [2.75, 3.05) is 13.6 Å². The summed E-state index contributed by atoms with van der Waals surface area (Å²) in [5.41, 5.74) is 0.788. The van der Waals surface area contributed by atoms with Gasteiger partial charge in [-0.25, -0.2) is 0 Å². The average Bonchev–Trinajstić information content (AvgIpc) is 2.34. The molecule has 2 aliphatic carbocycles. The minimum absolute atomic E-state index is 0.788. The first kappa shape index (κ1) is 12.4. The minimum Gasteiger partial charge on any atom is -0.319 e. The maximum Gasteiger partial charge on any atom is -0.00235 e. The zero-order valence-corrected chi connectivity index (χ0v) is 11.2. The Morgan fingerprint density at radius 2 is 1.44 bits per heavy atom. The largest absolute Gasteiger partial charge is 0.319 e. The van der Waals surface area contributed by atoms with E-state index < -0.39 is 0 Å². The first-order chi connectivity index (χ1) is 7.78. The lowest BCUT2D eigenvalue weighted by molar-refractivity contribution is 0.0749. The third-order valence-corrected chi connectivity index (χ3v) is 5.40. The molecule has 16 heavy (non-hydrogen) atoms. The van der Waals surface area contributed by atoms with Crippen molar-refractivity contribution in [3.8, 4) is 0 Å². The van der Waals surface area contributed by atoms with E-state index in [2.05, 4.69) is 19.3 Å². The summed E-state index contributed by atoms with van der Waals surface area (Å²) in [4.78, 5) is 0. The zero-order valence-electron chi connectivity index (χ0n) is 11.2. The molecule has 0 atom stereocenters. The van der Waals surface area contributed by atoms with Crippen LogP contribution >= 0.6 is 0 Å². The Balaban J connectivity index is 1.79. The zero-order chi connectivity index (χ0) is 11.4. The molecule has 0 aromatic carbocycles. The molecule has 0 unspecified atom stereocenters. The highest BCUT2D eigenvalue weighted by Crippen LogP contribution is 2.50. The highest BCUT2D eigenvalue weighted by atomic mass is 14.8. The second kappa shape index (κ2) is 5.53. The van der Waals surface area contributed by atoms with Crippen LogP contribution in [-0.2, 0) is 0 Å². The third kappa shape index (κ3) is 2.80. The van der Waals surface area contributed by atoms with Crippen molar-refractivity contribution in [2.45, 2.75) is 64.7 Å². The highest BCUT2D eigenvalue weighted by molar-refractivity contribution is 4.89. The Hall–Kier alpha value is -0.0400. The molecule has 0 amide bonds. The molecule has 2 saturated carbocycles. The topological polar surface area (TPSA) is 12.0 Å². The fourth-order valence-electron chi connectivity index (χ4n) is 3.98. The van der Waals surface area contributed by atoms with Gasteiger partial charge in [0, 0.05) is 0 Å². The number of rotatable bonds is 3. The fourth-order valence-corrected chi connectivity index (χ4v) is 3.98. The van der Waals surface area contributed by atoms with Gasteiger partial charge in [-0.15, -0.1) is 0 Å². The number of hydrogen-bond donors (Lipinski definition) is 1. The van der Waals surface area contributed by atoms with E-state index in [1.165, 1.54) is 64.3 Å². The molecule has 0 saturated heterocycles. The summed E-state index contributed by atoms with van der Waals surface area (Å²) >= 11 is 0. The number of nitrogens with one attached hydrogen (secondary N) is 1. The van der Waals surface area contributed by atoms with Crippen LogP contribution in [0.3, 0.4) is 0 Å². The highest BCUT2D eigenvalue weighted by Gasteiger charge is 2.37. The average molecular weight is 223 g/mol. The summed E-state index contributed by atoms with van der Waals surface area (Å²) in [5, 5.41) is 3.34. The molecule has 0 aliphatic heterocycles. The summed E-state index contributed by atoms with van der Waals surface area (Å²) in [6.45, 7) is 3.61. The quantitative estimate of drug-likeness (QED) is 0.763. The molecule has 2 aliphatic rings. The van der Waals surface area contributed by atoms with Gasteiger partial charge in [-0.2, -0.15) is 0 Å². The molecule has 0 heterocycles. The van der Waals surface area contributed by atoms with E-state index in [9.17, 15) is 0 Å². The minimum atomic E-state index is 0.788. The second-order valence-electron chi connectivity index (χ2n) is 6.35. The van der Waals surface area contributed by atoms with Crippen LogP contribution in [-0.4, -0.2) is 13.6 Å². The van der Waals surface area contributed by atoms with Gasteiger partial charge in [0.25, 0.3) is 0 Å². The van der Waals surface area contributed by atoms with Crippen LogP contribution in [0.25, 0.3) is 0 Å². The molecule has 0 bridgehead atoms. The Labute approximate surface area is 101 Å². The van der Waals surface area contributed by atoms with Crippen LogP contribution in [0.5, 0.6) is 0 Å². The predicted octanol–water partition coefficient (Wildman–Crippen LogP) is 3.98. The van der Waals surface area contributed by atoms with Crippen LogP contribution in [0.4, 0.5) is 0 Å². The van der Waals surface area contributed by atoms with Crippen LogP contribution < -0.4 is 5.32 Å². The summed E-state index contributed by atoms with van der Waals surface area (Å²) < 4.78 is 0. The molecule has 1 N–H and O–H groups in total. The van der Waals surface area contributed by atoms with Crippen molar-refractivity contribution in [3.05, 3.63) is 0 Å². The smallest absolute Gasteiger partial charge is 0.00235 e. The maximum absolute atomic E-state index is 3.34. The van der Waals surface area contributed by atoms with Crippen LogP contribution in [0.2, 0.25) is 0 Å². The molecule has 2 fully saturated rings. The van der Waals surface area contributed by atoms with Crippen LogP contribution in [0, 0.1) is 17.3 Å². The molecule has 0 radical (unpaired) electrons. The molecule has 1 nitrogen and oxygen atoms in total. The predicted molar refractivity (Wildman–Crippen MR) is 70.6 cm³/mol. The Morgan fingerprint density at radius 3 is 1.88 bits per heavy atom. The summed E-state index contributed by atoms with van der Waals surface area (Å²) in [5.74, 6) is 2.03. The van der Waals surface area contributed by atoms with Gasteiger partial charge in [-0.3, -0.25) is 0 Å². The summed E-state index contributed by atoms with van der Waals surface area (Å²) in [6, 6.07) is 0. The molecule has 0 aromatic rings. The summed E-state index contributed by atoms with van der Waals surface area (Å²) in [7, 11) is 2.09. The Kier molecular flexibility index (Phi) is 4.29. The van der Waals surface area contributed by atoms with E-state index in [4.69, 9.17) is 0 Å². The first-order valence-electron chi connectivity index (χ1n) is 7.42. The van der Waals surface area contributed by atoms with Crippen molar-refractivity contribution in [1.29, 1.82) is 0 Å². The van der Waals surface area contributed by atoms with E-state index in [1.807, 2.05) is 0 Å². The standard InChI is InChI=1S/C15H29N/c1-3-13-4-8-15(9-5-13)10-6-14(7-11-15)12-16-2/h13-14,16H,3-12H2,1-2H3. The Morgan fingerprint density at radius 1 is 0.938 bits per heavy atom. The van der Waals surface area contributed by atoms with E-state index in [1.54, 1.807) is 0 Å². The van der Waals surface area contributed by atoms with E-state index >= 15 is 0 Å². The lowest BCUT2D eigenvalue weighted by Gasteiger charge is -2.45.